The lowest BCUT2D eigenvalue weighted by Crippen LogP contribution is -2.70. The Labute approximate surface area is 233 Å². The van der Waals surface area contributed by atoms with E-state index in [9.17, 15) is 34.6 Å². The molecule has 0 unspecified atom stereocenters. The van der Waals surface area contributed by atoms with Gasteiger partial charge in [-0.15, -0.1) is 11.8 Å². The van der Waals surface area contributed by atoms with Crippen molar-refractivity contribution in [3.05, 3.63) is 97.2 Å². The first kappa shape index (κ1) is 28.5. The maximum atomic E-state index is 13.2. The summed E-state index contributed by atoms with van der Waals surface area (Å²) < 4.78 is 5.56. The zero-order valence-electron chi connectivity index (χ0n) is 21.9. The van der Waals surface area contributed by atoms with Gasteiger partial charge in [0.15, 0.2) is 0 Å². The molecule has 0 aromatic heterocycles. The summed E-state index contributed by atoms with van der Waals surface area (Å²) in [5, 5.41) is 24.8. The number of carbonyl (C=O) groups excluding carboxylic acids is 3. The van der Waals surface area contributed by atoms with E-state index >= 15 is 0 Å². The number of ether oxygens (including phenoxy) is 1. The Balaban J connectivity index is 1.62. The van der Waals surface area contributed by atoms with E-state index in [0.29, 0.717) is 5.57 Å². The maximum absolute atomic E-state index is 13.2. The van der Waals surface area contributed by atoms with Gasteiger partial charge in [0.05, 0.1) is 27.9 Å². The highest BCUT2D eigenvalue weighted by Gasteiger charge is 2.54. The number of nitrogens with one attached hydrogen (secondary N) is 1. The zero-order valence-corrected chi connectivity index (χ0v) is 22.7. The number of hydrogen-bond acceptors (Lipinski definition) is 9. The summed E-state index contributed by atoms with van der Waals surface area (Å²) in [5.41, 5.74) is -0.536. The van der Waals surface area contributed by atoms with Gasteiger partial charge in [0.1, 0.15) is 22.7 Å². The third-order valence-electron chi connectivity index (χ3n) is 6.00. The van der Waals surface area contributed by atoms with Crippen molar-refractivity contribution in [2.45, 2.75) is 44.2 Å². The van der Waals surface area contributed by atoms with Crippen molar-refractivity contribution in [3.63, 3.8) is 0 Å². The number of benzene rings is 2. The Morgan fingerprint density at radius 2 is 1.80 bits per heavy atom. The topological polar surface area (TPSA) is 162 Å². The zero-order chi connectivity index (χ0) is 29.2. The van der Waals surface area contributed by atoms with Crippen LogP contribution in [0.1, 0.15) is 31.9 Å². The molecule has 4 rings (SSSR count). The number of non-ortho nitro benzene ring substituents is 1. The van der Waals surface area contributed by atoms with Crippen LogP contribution in [0.4, 0.5) is 11.4 Å². The van der Waals surface area contributed by atoms with E-state index < -0.39 is 50.1 Å². The molecular formula is C27H26N4O8S. The largest absolute Gasteiger partial charge is 0.455 e. The normalized spacial score (nSPS) is 18.7. The van der Waals surface area contributed by atoms with E-state index in [-0.39, 0.29) is 29.3 Å². The molecule has 2 aliphatic heterocycles. The van der Waals surface area contributed by atoms with Gasteiger partial charge in [-0.1, -0.05) is 36.4 Å². The number of fused-ring (bicyclic) bond motifs is 1. The molecule has 1 saturated heterocycles. The van der Waals surface area contributed by atoms with Gasteiger partial charge in [0.2, 0.25) is 5.91 Å². The fourth-order valence-corrected chi connectivity index (χ4v) is 5.55. The van der Waals surface area contributed by atoms with Crippen LogP contribution in [-0.2, 0) is 25.5 Å². The van der Waals surface area contributed by atoms with Crippen LogP contribution in [0, 0.1) is 20.2 Å². The molecule has 2 heterocycles. The number of β-lactam (4-membered cyclic amide) rings is 1. The highest BCUT2D eigenvalue weighted by atomic mass is 32.2. The second kappa shape index (κ2) is 11.3. The first-order chi connectivity index (χ1) is 18.9. The molecule has 2 aliphatic rings. The summed E-state index contributed by atoms with van der Waals surface area (Å²) in [4.78, 5) is 61.5. The molecule has 0 saturated carbocycles. The summed E-state index contributed by atoms with van der Waals surface area (Å²) >= 11 is 1.32. The van der Waals surface area contributed by atoms with Crippen molar-refractivity contribution in [1.29, 1.82) is 0 Å². The number of nitro groups is 2. The van der Waals surface area contributed by atoms with Crippen LogP contribution >= 0.6 is 11.8 Å². The number of nitrogens with zero attached hydrogens (tertiary/aromatic N) is 3. The van der Waals surface area contributed by atoms with Crippen LogP contribution in [0.3, 0.4) is 0 Å². The van der Waals surface area contributed by atoms with Gasteiger partial charge in [-0.05, 0) is 44.1 Å². The number of allylic oxidation sites excluding steroid dienone is 1. The molecule has 40 heavy (non-hydrogen) atoms. The predicted octanol–water partition coefficient (Wildman–Crippen LogP) is 3.75. The number of esters is 1. The van der Waals surface area contributed by atoms with Crippen LogP contribution in [0.5, 0.6) is 0 Å². The van der Waals surface area contributed by atoms with Crippen LogP contribution in [0.25, 0.3) is 6.08 Å². The van der Waals surface area contributed by atoms with Crippen molar-refractivity contribution in [2.24, 2.45) is 0 Å². The first-order valence-electron chi connectivity index (χ1n) is 12.2. The minimum atomic E-state index is -0.868. The molecule has 0 radical (unpaired) electrons. The van der Waals surface area contributed by atoms with Gasteiger partial charge in [-0.3, -0.25) is 34.7 Å². The van der Waals surface area contributed by atoms with Crippen molar-refractivity contribution in [1.82, 2.24) is 10.2 Å². The smallest absolute Gasteiger partial charge is 0.355 e. The van der Waals surface area contributed by atoms with Crippen LogP contribution < -0.4 is 5.32 Å². The van der Waals surface area contributed by atoms with Gasteiger partial charge in [-0.25, -0.2) is 4.79 Å². The molecule has 0 aliphatic carbocycles. The molecular weight excluding hydrogens is 540 g/mol. The minimum Gasteiger partial charge on any atom is -0.455 e. The summed E-state index contributed by atoms with van der Waals surface area (Å²) in [7, 11) is 0. The molecule has 2 aromatic carbocycles. The average Bonchev–Trinajstić information content (AvgIpc) is 2.89. The Morgan fingerprint density at radius 1 is 1.10 bits per heavy atom. The number of nitro benzene ring substituents is 2. The molecule has 13 heteroatoms. The number of rotatable bonds is 8. The van der Waals surface area contributed by atoms with Gasteiger partial charge < -0.3 is 10.1 Å². The molecule has 1 N–H and O–H groups in total. The standard InChI is InChI=1S/C27H26N4O8S/c1-27(2,3)39-26(34)23-18(10-9-17-11-12-19(30(35)36)14-20(17)31(37)38)15-40-25-22(24(33)29(23)25)28-21(32)13-16-7-5-4-6-8-16/h4-12,14,22,25H,13,15H2,1-3H3,(H,28,32)/t22-,25+/m1/s1. The second-order valence-corrected chi connectivity index (χ2v) is 11.2. The Kier molecular flexibility index (Phi) is 8.05. The second-order valence-electron chi connectivity index (χ2n) is 10.1. The molecule has 12 nitrogen and oxygen atoms in total. The Morgan fingerprint density at radius 3 is 2.42 bits per heavy atom. The average molecular weight is 567 g/mol. The molecule has 2 amide bonds. The highest BCUT2D eigenvalue weighted by Crippen LogP contribution is 2.41. The predicted molar refractivity (Wildman–Crippen MR) is 147 cm³/mol. The van der Waals surface area contributed by atoms with Gasteiger partial charge in [0.25, 0.3) is 17.3 Å². The minimum absolute atomic E-state index is 0.0157. The first-order valence-corrected chi connectivity index (χ1v) is 13.3. The maximum Gasteiger partial charge on any atom is 0.355 e. The van der Waals surface area contributed by atoms with E-state index in [4.69, 9.17) is 4.74 Å². The molecule has 208 valence electrons. The van der Waals surface area contributed by atoms with Gasteiger partial charge in [-0.2, -0.15) is 0 Å². The van der Waals surface area contributed by atoms with Crippen LogP contribution in [-0.4, -0.2) is 55.3 Å². The number of carbonyl (C=O) groups is 3. The summed E-state index contributed by atoms with van der Waals surface area (Å²) in [6, 6.07) is 11.5. The van der Waals surface area contributed by atoms with E-state index in [1.807, 2.05) is 18.2 Å². The Hall–Kier alpha value is -4.52. The SMILES string of the molecule is CC(C)(C)OC(=O)C1=C(C=Cc2ccc([N+](=O)[O-])cc2[N+](=O)[O-])CS[C@H]2[C@H](NC(=O)Cc3ccccc3)C(=O)N12. The highest BCUT2D eigenvalue weighted by molar-refractivity contribution is 8.00. The summed E-state index contributed by atoms with van der Waals surface area (Å²) in [5.74, 6) is -1.32. The van der Waals surface area contributed by atoms with E-state index in [0.717, 1.165) is 17.7 Å². The molecule has 2 aromatic rings. The number of hydrogen-bond donors (Lipinski definition) is 1. The fourth-order valence-electron chi connectivity index (χ4n) is 4.23. The Bertz CT molecular complexity index is 1450. The van der Waals surface area contributed by atoms with E-state index in [2.05, 4.69) is 5.32 Å². The molecule has 0 bridgehead atoms. The monoisotopic (exact) mass is 566 g/mol. The van der Waals surface area contributed by atoms with Crippen molar-refractivity contribution >= 4 is 47.0 Å². The molecule has 1 fully saturated rings. The summed E-state index contributed by atoms with van der Waals surface area (Å²) in [6.45, 7) is 5.04. The van der Waals surface area contributed by atoms with Crippen molar-refractivity contribution < 1.29 is 29.0 Å². The molecule has 0 spiro atoms. The number of amides is 2. The third-order valence-corrected chi connectivity index (χ3v) is 7.30. The lowest BCUT2D eigenvalue weighted by Gasteiger charge is -2.49. The molecule has 2 atom stereocenters. The van der Waals surface area contributed by atoms with Gasteiger partial charge >= 0.3 is 5.97 Å². The van der Waals surface area contributed by atoms with Crippen molar-refractivity contribution in [2.75, 3.05) is 5.75 Å². The lowest BCUT2D eigenvalue weighted by molar-refractivity contribution is -0.394. The van der Waals surface area contributed by atoms with E-state index in [1.165, 1.54) is 34.9 Å². The lowest BCUT2D eigenvalue weighted by atomic mass is 10.0. The quantitative estimate of drug-likeness (QED) is 0.217. The fraction of sp³-hybridized carbons (Fsp3) is 0.296. The third kappa shape index (κ3) is 6.20. The van der Waals surface area contributed by atoms with Crippen molar-refractivity contribution in [3.8, 4) is 0 Å². The van der Waals surface area contributed by atoms with Crippen LogP contribution in [0.15, 0.2) is 65.9 Å². The number of thioether (sulfide) groups is 1. The van der Waals surface area contributed by atoms with Crippen LogP contribution in [0.2, 0.25) is 0 Å². The van der Waals surface area contributed by atoms with Gasteiger partial charge in [0, 0.05) is 11.8 Å². The van der Waals surface area contributed by atoms with E-state index in [1.54, 1.807) is 32.9 Å². The summed E-state index contributed by atoms with van der Waals surface area (Å²) in [6.07, 6.45) is 2.93.